The van der Waals surface area contributed by atoms with Gasteiger partial charge < -0.3 is 4.74 Å². The molecule has 0 bridgehead atoms. The van der Waals surface area contributed by atoms with E-state index in [0.29, 0.717) is 17.6 Å². The highest BCUT2D eigenvalue weighted by Gasteiger charge is 2.17. The zero-order valence-corrected chi connectivity index (χ0v) is 10.6. The first-order chi connectivity index (χ1) is 7.06. The summed E-state index contributed by atoms with van der Waals surface area (Å²) < 4.78 is 30.0. The average Bonchev–Trinajstić information content (AvgIpc) is 2.18. The topological polar surface area (TPSA) is 72.9 Å². The maximum atomic E-state index is 11.7. The molecule has 1 heterocycles. The largest absolute Gasteiger partial charge is 0.379 e. The van der Waals surface area contributed by atoms with E-state index in [1.165, 1.54) is 30.3 Å². The molecule has 0 fully saturated rings. The second-order valence-corrected chi connectivity index (χ2v) is 5.64. The van der Waals surface area contributed by atoms with E-state index in [4.69, 9.17) is 4.74 Å². The Morgan fingerprint density at radius 3 is 2.87 bits per heavy atom. The molecule has 0 aliphatic heterocycles. The van der Waals surface area contributed by atoms with Gasteiger partial charge in [0.15, 0.2) is 0 Å². The molecule has 0 radical (unpaired) electrons. The fraction of sp³-hybridized carbons (Fsp3) is 0.375. The molecule has 0 atom stereocenters. The molecule has 1 rings (SSSR count). The lowest BCUT2D eigenvalue weighted by atomic mass is 10.5. The van der Waals surface area contributed by atoms with Crippen LogP contribution in [0.15, 0.2) is 27.8 Å². The third-order valence-electron chi connectivity index (χ3n) is 1.67. The van der Waals surface area contributed by atoms with Crippen LogP contribution in [0.25, 0.3) is 0 Å². The SMILES string of the molecule is COCC[NH2+]S(=O)(=O)c1cncc(Br)c1. The maximum Gasteiger partial charge on any atom is 0.325 e. The molecule has 1 aromatic rings. The van der Waals surface area contributed by atoms with Gasteiger partial charge >= 0.3 is 10.0 Å². The van der Waals surface area contributed by atoms with E-state index in [2.05, 4.69) is 20.9 Å². The summed E-state index contributed by atoms with van der Waals surface area (Å²) >= 11 is 3.17. The molecular weight excluding hydrogens is 284 g/mol. The molecule has 15 heavy (non-hydrogen) atoms. The standard InChI is InChI=1S/C8H11BrN2O3S/c1-14-3-2-11-15(12,13)8-4-7(9)5-10-6-8/h4-6,11H,2-3H2,1H3/p+1. The molecular formula is C8H12BrN2O3S+. The summed E-state index contributed by atoms with van der Waals surface area (Å²) in [6, 6.07) is 1.52. The van der Waals surface area contributed by atoms with Gasteiger partial charge in [0.2, 0.25) is 0 Å². The minimum absolute atomic E-state index is 0.188. The first-order valence-electron chi connectivity index (χ1n) is 4.24. The summed E-state index contributed by atoms with van der Waals surface area (Å²) in [5.74, 6) is 0. The first kappa shape index (κ1) is 12.6. The van der Waals surface area contributed by atoms with Crippen molar-refractivity contribution in [3.05, 3.63) is 22.9 Å². The summed E-state index contributed by atoms with van der Waals surface area (Å²) in [5.41, 5.74) is 0. The van der Waals surface area contributed by atoms with Crippen molar-refractivity contribution < 1.29 is 17.9 Å². The minimum Gasteiger partial charge on any atom is -0.379 e. The van der Waals surface area contributed by atoms with Crippen molar-refractivity contribution in [3.63, 3.8) is 0 Å². The normalized spacial score (nSPS) is 11.6. The smallest absolute Gasteiger partial charge is 0.325 e. The zero-order chi connectivity index (χ0) is 11.3. The predicted molar refractivity (Wildman–Crippen MR) is 57.8 cm³/mol. The van der Waals surface area contributed by atoms with Crippen LogP contribution in [0, 0.1) is 0 Å². The van der Waals surface area contributed by atoms with Gasteiger partial charge in [-0.1, -0.05) is 0 Å². The number of nitrogens with zero attached hydrogens (tertiary/aromatic N) is 1. The Kier molecular flexibility index (Phi) is 4.65. The highest BCUT2D eigenvalue weighted by atomic mass is 79.9. The molecule has 0 aliphatic carbocycles. The molecule has 0 amide bonds. The molecule has 5 nitrogen and oxygen atoms in total. The van der Waals surface area contributed by atoms with Gasteiger partial charge in [0.25, 0.3) is 0 Å². The summed E-state index contributed by atoms with van der Waals surface area (Å²) in [4.78, 5) is 3.99. The van der Waals surface area contributed by atoms with Crippen LogP contribution in [0.3, 0.4) is 0 Å². The first-order valence-corrected chi connectivity index (χ1v) is 6.58. The summed E-state index contributed by atoms with van der Waals surface area (Å²) in [6.07, 6.45) is 2.86. The van der Waals surface area contributed by atoms with Crippen LogP contribution in [0.4, 0.5) is 0 Å². The van der Waals surface area contributed by atoms with Crippen molar-refractivity contribution in [2.75, 3.05) is 20.3 Å². The maximum absolute atomic E-state index is 11.7. The van der Waals surface area contributed by atoms with Gasteiger partial charge in [0.05, 0.1) is 12.8 Å². The van der Waals surface area contributed by atoms with Gasteiger partial charge in [-0.05, 0) is 22.0 Å². The Hall–Kier alpha value is -0.500. The molecule has 0 unspecified atom stereocenters. The zero-order valence-electron chi connectivity index (χ0n) is 8.18. The van der Waals surface area contributed by atoms with Gasteiger partial charge in [-0.3, -0.25) is 4.98 Å². The molecule has 0 spiro atoms. The molecule has 0 saturated heterocycles. The average molecular weight is 296 g/mol. The highest BCUT2D eigenvalue weighted by Crippen LogP contribution is 2.11. The van der Waals surface area contributed by atoms with Crippen molar-refractivity contribution >= 4 is 26.0 Å². The van der Waals surface area contributed by atoms with Crippen LogP contribution in [0.5, 0.6) is 0 Å². The Labute approximate surface area is 97.0 Å². The van der Waals surface area contributed by atoms with E-state index < -0.39 is 10.0 Å². The second kappa shape index (κ2) is 5.55. The van der Waals surface area contributed by atoms with E-state index in [1.807, 2.05) is 0 Å². The van der Waals surface area contributed by atoms with E-state index in [1.54, 1.807) is 0 Å². The third-order valence-corrected chi connectivity index (χ3v) is 3.66. The van der Waals surface area contributed by atoms with Crippen molar-refractivity contribution in [2.24, 2.45) is 0 Å². The second-order valence-electron chi connectivity index (χ2n) is 2.83. The van der Waals surface area contributed by atoms with E-state index in [0.717, 1.165) is 0 Å². The predicted octanol–water partition coefficient (Wildman–Crippen LogP) is -0.257. The lowest BCUT2D eigenvalue weighted by Crippen LogP contribution is -2.88. The van der Waals surface area contributed by atoms with Gasteiger partial charge in [-0.25, -0.2) is 4.72 Å². The number of quaternary nitrogens is 1. The Morgan fingerprint density at radius 2 is 2.27 bits per heavy atom. The lowest BCUT2D eigenvalue weighted by Gasteiger charge is -2.02. The van der Waals surface area contributed by atoms with Crippen molar-refractivity contribution in [3.8, 4) is 0 Å². The van der Waals surface area contributed by atoms with E-state index >= 15 is 0 Å². The monoisotopic (exact) mass is 295 g/mol. The van der Waals surface area contributed by atoms with Crippen molar-refractivity contribution in [2.45, 2.75) is 4.90 Å². The fourth-order valence-electron chi connectivity index (χ4n) is 0.965. The van der Waals surface area contributed by atoms with Gasteiger partial charge in [0, 0.05) is 17.8 Å². The fourth-order valence-corrected chi connectivity index (χ4v) is 2.58. The minimum atomic E-state index is -3.35. The van der Waals surface area contributed by atoms with Crippen LogP contribution in [0.2, 0.25) is 0 Å². The number of aromatic nitrogens is 1. The summed E-state index contributed by atoms with van der Waals surface area (Å²) in [5, 5.41) is 0. The van der Waals surface area contributed by atoms with Crippen LogP contribution in [-0.4, -0.2) is 33.7 Å². The van der Waals surface area contributed by atoms with Crippen LogP contribution < -0.4 is 4.72 Å². The summed E-state index contributed by atoms with van der Waals surface area (Å²) in [6.45, 7) is 0.756. The molecule has 2 N–H and O–H groups in total. The van der Waals surface area contributed by atoms with Gasteiger partial charge in [0.1, 0.15) is 11.4 Å². The number of hydrogen-bond donors (Lipinski definition) is 1. The highest BCUT2D eigenvalue weighted by molar-refractivity contribution is 9.10. The number of pyridine rings is 1. The Balaban J connectivity index is 2.77. The number of primary sulfonamides is 1. The third kappa shape index (κ3) is 3.86. The molecule has 0 saturated carbocycles. The van der Waals surface area contributed by atoms with E-state index in [9.17, 15) is 8.42 Å². The van der Waals surface area contributed by atoms with Crippen LogP contribution >= 0.6 is 15.9 Å². The molecule has 84 valence electrons. The Morgan fingerprint density at radius 1 is 1.53 bits per heavy atom. The number of methoxy groups -OCH3 is 1. The molecule has 1 aromatic heterocycles. The quantitative estimate of drug-likeness (QED) is 0.760. The number of hydrogen-bond acceptors (Lipinski definition) is 4. The number of ether oxygens (including phenoxy) is 1. The van der Waals surface area contributed by atoms with Crippen molar-refractivity contribution in [1.82, 2.24) is 4.98 Å². The number of halogens is 1. The van der Waals surface area contributed by atoms with Crippen LogP contribution in [0.1, 0.15) is 0 Å². The number of rotatable bonds is 5. The van der Waals surface area contributed by atoms with Gasteiger partial charge in [-0.15, -0.1) is 0 Å². The number of sulfonamides is 1. The van der Waals surface area contributed by atoms with E-state index in [-0.39, 0.29) is 4.90 Å². The van der Waals surface area contributed by atoms with Crippen LogP contribution in [-0.2, 0) is 14.8 Å². The number of nitrogens with two attached hydrogens (primary N) is 1. The molecule has 0 aliphatic rings. The summed E-state index contributed by atoms with van der Waals surface area (Å²) in [7, 11) is -1.82. The Bertz CT molecular complexity index is 422. The molecule has 7 heteroatoms. The lowest BCUT2D eigenvalue weighted by molar-refractivity contribution is -0.499. The van der Waals surface area contributed by atoms with Gasteiger partial charge in [-0.2, -0.15) is 8.42 Å². The van der Waals surface area contributed by atoms with Crippen molar-refractivity contribution in [1.29, 1.82) is 0 Å². The molecule has 0 aromatic carbocycles.